The van der Waals surface area contributed by atoms with Crippen molar-refractivity contribution in [3.63, 3.8) is 0 Å². The zero-order chi connectivity index (χ0) is 16.1. The maximum absolute atomic E-state index is 12.1. The van der Waals surface area contributed by atoms with Crippen LogP contribution in [0, 0.1) is 6.92 Å². The van der Waals surface area contributed by atoms with E-state index < -0.39 is 0 Å². The van der Waals surface area contributed by atoms with E-state index in [1.54, 1.807) is 37.3 Å². The summed E-state index contributed by atoms with van der Waals surface area (Å²) in [6.07, 6.45) is 3.15. The molecular formula is C15H12Cl3NO2S. The van der Waals surface area contributed by atoms with Crippen molar-refractivity contribution in [2.75, 3.05) is 11.1 Å². The first-order chi connectivity index (χ1) is 10.5. The largest absolute Gasteiger partial charge is 0.469 e. The standard InChI is InChI=1S/C15H12Cl3NO2S/c1-9-11(4-6-21-9)15(20)19-10-2-3-12(16)13(8-10)22-7-5-14(17)18/h2-6,8H,7H2,1H3,(H,19,20). The fourth-order valence-corrected chi connectivity index (χ4v) is 3.17. The van der Waals surface area contributed by atoms with Gasteiger partial charge in [-0.2, -0.15) is 0 Å². The number of amides is 1. The fourth-order valence-electron chi connectivity index (χ4n) is 1.71. The first-order valence-electron chi connectivity index (χ1n) is 6.26. The zero-order valence-corrected chi connectivity index (χ0v) is 14.6. The molecule has 0 saturated carbocycles. The van der Waals surface area contributed by atoms with E-state index in [0.717, 1.165) is 4.90 Å². The van der Waals surface area contributed by atoms with Gasteiger partial charge in [0, 0.05) is 16.3 Å². The number of anilines is 1. The second kappa shape index (κ2) is 7.97. The minimum atomic E-state index is -0.228. The Balaban J connectivity index is 2.10. The van der Waals surface area contributed by atoms with E-state index in [1.165, 1.54) is 18.0 Å². The summed E-state index contributed by atoms with van der Waals surface area (Å²) >= 11 is 18.7. The molecule has 1 N–H and O–H groups in total. The highest BCUT2D eigenvalue weighted by Gasteiger charge is 2.12. The van der Waals surface area contributed by atoms with E-state index in [-0.39, 0.29) is 10.4 Å². The number of hydrogen-bond acceptors (Lipinski definition) is 3. The van der Waals surface area contributed by atoms with Crippen molar-refractivity contribution in [3.8, 4) is 0 Å². The average molecular weight is 377 g/mol. The number of carbonyl (C=O) groups excluding carboxylic acids is 1. The second-order valence-corrected chi connectivity index (χ2v) is 6.77. The van der Waals surface area contributed by atoms with Crippen molar-refractivity contribution in [1.29, 1.82) is 0 Å². The summed E-state index contributed by atoms with van der Waals surface area (Å²) in [4.78, 5) is 13.0. The van der Waals surface area contributed by atoms with Gasteiger partial charge in [-0.15, -0.1) is 11.8 Å². The molecule has 0 aliphatic carbocycles. The number of benzene rings is 1. The van der Waals surface area contributed by atoms with E-state index in [4.69, 9.17) is 39.2 Å². The van der Waals surface area contributed by atoms with Gasteiger partial charge < -0.3 is 9.73 Å². The Bertz CT molecular complexity index is 709. The molecule has 3 nitrogen and oxygen atoms in total. The summed E-state index contributed by atoms with van der Waals surface area (Å²) in [6.45, 7) is 1.74. The lowest BCUT2D eigenvalue weighted by atomic mass is 10.2. The minimum absolute atomic E-state index is 0.212. The predicted octanol–water partition coefficient (Wildman–Crippen LogP) is 5.90. The smallest absolute Gasteiger partial charge is 0.259 e. The van der Waals surface area contributed by atoms with Gasteiger partial charge >= 0.3 is 0 Å². The molecule has 1 aromatic heterocycles. The molecule has 1 heterocycles. The van der Waals surface area contributed by atoms with Gasteiger partial charge in [0.15, 0.2) is 0 Å². The van der Waals surface area contributed by atoms with Crippen LogP contribution in [0.2, 0.25) is 5.02 Å². The van der Waals surface area contributed by atoms with E-state index in [9.17, 15) is 4.79 Å². The maximum Gasteiger partial charge on any atom is 0.259 e. The molecule has 0 radical (unpaired) electrons. The van der Waals surface area contributed by atoms with Gasteiger partial charge in [0.2, 0.25) is 0 Å². The van der Waals surface area contributed by atoms with Gasteiger partial charge in [-0.1, -0.05) is 34.8 Å². The Hall–Kier alpha value is -1.07. The molecule has 1 aromatic carbocycles. The van der Waals surface area contributed by atoms with Crippen molar-refractivity contribution >= 4 is 58.2 Å². The van der Waals surface area contributed by atoms with Crippen LogP contribution in [-0.2, 0) is 0 Å². The van der Waals surface area contributed by atoms with Crippen molar-refractivity contribution in [1.82, 2.24) is 0 Å². The topological polar surface area (TPSA) is 42.2 Å². The molecule has 1 amide bonds. The van der Waals surface area contributed by atoms with Crippen molar-refractivity contribution in [3.05, 3.63) is 57.4 Å². The SMILES string of the molecule is Cc1occc1C(=O)Nc1ccc(Cl)c(SCC=C(Cl)Cl)c1. The van der Waals surface area contributed by atoms with Crippen LogP contribution >= 0.6 is 46.6 Å². The normalized spacial score (nSPS) is 10.4. The number of aryl methyl sites for hydroxylation is 1. The summed E-state index contributed by atoms with van der Waals surface area (Å²) in [6, 6.07) is 6.90. The van der Waals surface area contributed by atoms with Crippen LogP contribution in [0.15, 0.2) is 50.4 Å². The van der Waals surface area contributed by atoms with E-state index in [1.807, 2.05) is 0 Å². The number of nitrogens with one attached hydrogen (secondary N) is 1. The first kappa shape index (κ1) is 17.3. The third-order valence-electron chi connectivity index (χ3n) is 2.77. The van der Waals surface area contributed by atoms with Crippen LogP contribution in [0.3, 0.4) is 0 Å². The Morgan fingerprint density at radius 3 is 2.77 bits per heavy atom. The van der Waals surface area contributed by atoms with Crippen molar-refractivity contribution in [2.45, 2.75) is 11.8 Å². The summed E-state index contributed by atoms with van der Waals surface area (Å²) in [5.74, 6) is 0.927. The number of furan rings is 1. The summed E-state index contributed by atoms with van der Waals surface area (Å²) in [5.41, 5.74) is 1.15. The minimum Gasteiger partial charge on any atom is -0.469 e. The highest BCUT2D eigenvalue weighted by atomic mass is 35.5. The zero-order valence-electron chi connectivity index (χ0n) is 11.5. The van der Waals surface area contributed by atoms with E-state index >= 15 is 0 Å². The molecule has 0 atom stereocenters. The van der Waals surface area contributed by atoms with Gasteiger partial charge in [-0.25, -0.2) is 0 Å². The van der Waals surface area contributed by atoms with Crippen LogP contribution in [0.25, 0.3) is 0 Å². The molecule has 0 aliphatic rings. The van der Waals surface area contributed by atoms with Crippen molar-refractivity contribution in [2.24, 2.45) is 0 Å². The van der Waals surface area contributed by atoms with Gasteiger partial charge in [0.05, 0.1) is 16.8 Å². The molecule has 0 saturated heterocycles. The Labute approximate surface area is 147 Å². The van der Waals surface area contributed by atoms with Crippen LogP contribution in [-0.4, -0.2) is 11.7 Å². The third kappa shape index (κ3) is 4.71. The number of rotatable bonds is 5. The summed E-state index contributed by atoms with van der Waals surface area (Å²) in [7, 11) is 0. The van der Waals surface area contributed by atoms with Crippen molar-refractivity contribution < 1.29 is 9.21 Å². The van der Waals surface area contributed by atoms with Crippen LogP contribution in [0.1, 0.15) is 16.1 Å². The number of hydrogen-bond donors (Lipinski definition) is 1. The molecule has 2 aromatic rings. The first-order valence-corrected chi connectivity index (χ1v) is 8.38. The average Bonchev–Trinajstić information content (AvgIpc) is 2.88. The molecule has 0 unspecified atom stereocenters. The predicted molar refractivity (Wildman–Crippen MR) is 93.4 cm³/mol. The number of thioether (sulfide) groups is 1. The van der Waals surface area contributed by atoms with Crippen LogP contribution in [0.5, 0.6) is 0 Å². The Morgan fingerprint density at radius 1 is 1.36 bits per heavy atom. The highest BCUT2D eigenvalue weighted by molar-refractivity contribution is 7.99. The monoisotopic (exact) mass is 375 g/mol. The quantitative estimate of drug-likeness (QED) is 0.660. The van der Waals surface area contributed by atoms with Gasteiger partial charge in [0.1, 0.15) is 10.3 Å². The second-order valence-electron chi connectivity index (χ2n) is 4.29. The summed E-state index contributed by atoms with van der Waals surface area (Å²) < 4.78 is 5.34. The molecule has 0 bridgehead atoms. The molecule has 0 fully saturated rings. The van der Waals surface area contributed by atoms with E-state index in [0.29, 0.717) is 27.8 Å². The lowest BCUT2D eigenvalue weighted by Gasteiger charge is -2.08. The van der Waals surface area contributed by atoms with Gasteiger partial charge in [-0.3, -0.25) is 4.79 Å². The number of carbonyl (C=O) groups is 1. The molecular weight excluding hydrogens is 365 g/mol. The molecule has 0 aliphatic heterocycles. The lowest BCUT2D eigenvalue weighted by molar-refractivity contribution is 0.102. The van der Waals surface area contributed by atoms with Gasteiger partial charge in [0.25, 0.3) is 5.91 Å². The van der Waals surface area contributed by atoms with E-state index in [2.05, 4.69) is 5.32 Å². The highest BCUT2D eigenvalue weighted by Crippen LogP contribution is 2.30. The van der Waals surface area contributed by atoms with Gasteiger partial charge in [-0.05, 0) is 37.3 Å². The van der Waals surface area contributed by atoms with Crippen LogP contribution < -0.4 is 5.32 Å². The number of halogens is 3. The molecule has 0 spiro atoms. The molecule has 2 rings (SSSR count). The molecule has 7 heteroatoms. The Morgan fingerprint density at radius 2 is 2.14 bits per heavy atom. The molecule has 22 heavy (non-hydrogen) atoms. The Kier molecular flexibility index (Phi) is 6.26. The fraction of sp³-hybridized carbons (Fsp3) is 0.133. The third-order valence-corrected chi connectivity index (χ3v) is 4.50. The lowest BCUT2D eigenvalue weighted by Crippen LogP contribution is -2.12. The summed E-state index contributed by atoms with van der Waals surface area (Å²) in [5, 5.41) is 3.41. The maximum atomic E-state index is 12.1. The van der Waals surface area contributed by atoms with Crippen LogP contribution in [0.4, 0.5) is 5.69 Å². The molecule has 116 valence electrons.